The average molecular weight is 438 g/mol. The van der Waals surface area contributed by atoms with Crippen molar-refractivity contribution in [2.45, 2.75) is 70.6 Å². The van der Waals surface area contributed by atoms with Gasteiger partial charge in [-0.05, 0) is 84.9 Å². The van der Waals surface area contributed by atoms with Crippen molar-refractivity contribution in [1.82, 2.24) is 0 Å². The van der Waals surface area contributed by atoms with E-state index in [-0.39, 0.29) is 23.7 Å². The van der Waals surface area contributed by atoms with Crippen LogP contribution in [0.1, 0.15) is 63.0 Å². The second-order valence-electron chi connectivity index (χ2n) is 9.07. The van der Waals surface area contributed by atoms with Crippen LogP contribution in [0.25, 0.3) is 11.1 Å². The molecule has 0 spiro atoms. The van der Waals surface area contributed by atoms with Gasteiger partial charge in [-0.15, -0.1) is 0 Å². The molecule has 1 saturated carbocycles. The van der Waals surface area contributed by atoms with Crippen molar-refractivity contribution in [3.63, 3.8) is 0 Å². The zero-order chi connectivity index (χ0) is 22.3. The molecule has 2 atom stereocenters. The highest BCUT2D eigenvalue weighted by atomic mass is 19.4. The Kier molecular flexibility index (Phi) is 6.01. The second kappa shape index (κ2) is 8.44. The number of alkyl halides is 3. The van der Waals surface area contributed by atoms with E-state index in [4.69, 9.17) is 4.74 Å². The molecule has 2 aliphatic rings. The summed E-state index contributed by atoms with van der Waals surface area (Å²) in [6.45, 7) is 3.64. The van der Waals surface area contributed by atoms with Crippen LogP contribution in [-0.2, 0) is 6.42 Å². The lowest BCUT2D eigenvalue weighted by Crippen LogP contribution is -2.43. The third kappa shape index (κ3) is 4.44. The van der Waals surface area contributed by atoms with Gasteiger partial charge in [0.25, 0.3) is 0 Å². The summed E-state index contributed by atoms with van der Waals surface area (Å²) in [6, 6.07) is 7.21. The molecule has 0 aromatic heterocycles. The normalized spacial score (nSPS) is 26.3. The standard InChI is InChI=1S/C25H27F5O/c1-3-15-4-6-16(7-5-15)18-12-20(26)23(21(27)13-18)17-8-9-22-19(11-17)10-14(2)24(31-22)25(28,29)30/h8-9,11-16,24H,3-7,10H2,1-2H3. The molecule has 1 aliphatic heterocycles. The van der Waals surface area contributed by atoms with Gasteiger partial charge in [-0.1, -0.05) is 26.3 Å². The Balaban J connectivity index is 1.60. The first-order valence-electron chi connectivity index (χ1n) is 11.0. The number of ether oxygens (including phenoxy) is 1. The molecule has 31 heavy (non-hydrogen) atoms. The van der Waals surface area contributed by atoms with Crippen molar-refractivity contribution < 1.29 is 26.7 Å². The molecule has 2 aromatic rings. The number of hydrogen-bond acceptors (Lipinski definition) is 1. The van der Waals surface area contributed by atoms with E-state index in [9.17, 15) is 13.2 Å². The summed E-state index contributed by atoms with van der Waals surface area (Å²) < 4.78 is 74.6. The van der Waals surface area contributed by atoms with Gasteiger partial charge in [-0.25, -0.2) is 8.78 Å². The van der Waals surface area contributed by atoms with Crippen molar-refractivity contribution in [3.05, 3.63) is 53.1 Å². The van der Waals surface area contributed by atoms with Gasteiger partial charge in [0.15, 0.2) is 6.10 Å². The molecule has 1 heterocycles. The van der Waals surface area contributed by atoms with E-state index in [1.54, 1.807) is 6.07 Å². The molecule has 0 amide bonds. The Morgan fingerprint density at radius 2 is 1.61 bits per heavy atom. The number of hydrogen-bond donors (Lipinski definition) is 0. The quantitative estimate of drug-likeness (QED) is 0.444. The van der Waals surface area contributed by atoms with Crippen LogP contribution in [0.5, 0.6) is 5.75 Å². The molecule has 6 heteroatoms. The predicted molar refractivity (Wildman–Crippen MR) is 110 cm³/mol. The summed E-state index contributed by atoms with van der Waals surface area (Å²) in [5.41, 5.74) is 1.40. The van der Waals surface area contributed by atoms with Crippen LogP contribution in [0.15, 0.2) is 30.3 Å². The lowest BCUT2D eigenvalue weighted by molar-refractivity contribution is -0.211. The van der Waals surface area contributed by atoms with E-state index in [1.807, 2.05) is 0 Å². The van der Waals surface area contributed by atoms with E-state index < -0.39 is 29.8 Å². The van der Waals surface area contributed by atoms with E-state index in [2.05, 4.69) is 6.92 Å². The Morgan fingerprint density at radius 3 is 2.19 bits per heavy atom. The van der Waals surface area contributed by atoms with Crippen LogP contribution in [0.2, 0.25) is 0 Å². The fourth-order valence-electron chi connectivity index (χ4n) is 5.11. The van der Waals surface area contributed by atoms with Gasteiger partial charge in [-0.3, -0.25) is 0 Å². The molecule has 1 aliphatic carbocycles. The molecule has 0 bridgehead atoms. The lowest BCUT2D eigenvalue weighted by atomic mass is 9.77. The van der Waals surface area contributed by atoms with E-state index >= 15 is 8.78 Å². The summed E-state index contributed by atoms with van der Waals surface area (Å²) in [5, 5.41) is 0. The summed E-state index contributed by atoms with van der Waals surface area (Å²) in [7, 11) is 0. The fourth-order valence-corrected chi connectivity index (χ4v) is 5.11. The van der Waals surface area contributed by atoms with Crippen LogP contribution in [-0.4, -0.2) is 12.3 Å². The molecule has 0 radical (unpaired) electrons. The van der Waals surface area contributed by atoms with Crippen LogP contribution >= 0.6 is 0 Å². The largest absolute Gasteiger partial charge is 0.480 e. The molecule has 0 saturated heterocycles. The molecule has 1 fully saturated rings. The molecule has 2 aromatic carbocycles. The highest BCUT2D eigenvalue weighted by molar-refractivity contribution is 5.68. The zero-order valence-electron chi connectivity index (χ0n) is 17.7. The van der Waals surface area contributed by atoms with Crippen LogP contribution < -0.4 is 4.74 Å². The first-order chi connectivity index (χ1) is 14.7. The molecule has 1 nitrogen and oxygen atoms in total. The van der Waals surface area contributed by atoms with Crippen molar-refractivity contribution >= 4 is 0 Å². The smallest absolute Gasteiger partial charge is 0.425 e. The van der Waals surface area contributed by atoms with Crippen molar-refractivity contribution in [3.8, 4) is 16.9 Å². The minimum absolute atomic E-state index is 0.120. The predicted octanol–water partition coefficient (Wildman–Crippen LogP) is 7.82. The number of halogens is 5. The Bertz CT molecular complexity index is 920. The minimum atomic E-state index is -4.46. The number of benzene rings is 2. The molecule has 168 valence electrons. The average Bonchev–Trinajstić information content (AvgIpc) is 2.72. The zero-order valence-corrected chi connectivity index (χ0v) is 17.7. The summed E-state index contributed by atoms with van der Waals surface area (Å²) >= 11 is 0. The van der Waals surface area contributed by atoms with Crippen molar-refractivity contribution in [2.75, 3.05) is 0 Å². The van der Waals surface area contributed by atoms with E-state index in [1.165, 1.54) is 31.2 Å². The Morgan fingerprint density at radius 1 is 0.968 bits per heavy atom. The van der Waals surface area contributed by atoms with Gasteiger partial charge in [0.1, 0.15) is 17.4 Å². The van der Waals surface area contributed by atoms with E-state index in [0.29, 0.717) is 22.6 Å². The van der Waals surface area contributed by atoms with Crippen LogP contribution in [0.4, 0.5) is 22.0 Å². The first kappa shape index (κ1) is 22.1. The molecule has 4 rings (SSSR count). The van der Waals surface area contributed by atoms with E-state index in [0.717, 1.165) is 32.1 Å². The third-order valence-electron chi connectivity index (χ3n) is 6.94. The topological polar surface area (TPSA) is 9.23 Å². The van der Waals surface area contributed by atoms with Crippen molar-refractivity contribution in [1.29, 1.82) is 0 Å². The fraction of sp³-hybridized carbons (Fsp3) is 0.520. The third-order valence-corrected chi connectivity index (χ3v) is 6.94. The van der Waals surface area contributed by atoms with Gasteiger partial charge in [-0.2, -0.15) is 13.2 Å². The Hall–Kier alpha value is -2.11. The maximum atomic E-state index is 15.0. The number of rotatable bonds is 3. The van der Waals surface area contributed by atoms with Crippen molar-refractivity contribution in [2.24, 2.45) is 11.8 Å². The van der Waals surface area contributed by atoms with Gasteiger partial charge >= 0.3 is 6.18 Å². The first-order valence-corrected chi connectivity index (χ1v) is 11.0. The molecule has 2 unspecified atom stereocenters. The van der Waals surface area contributed by atoms with Gasteiger partial charge in [0.05, 0.1) is 5.56 Å². The summed E-state index contributed by atoms with van der Waals surface area (Å²) in [6.07, 6.45) is -1.03. The van der Waals surface area contributed by atoms with Gasteiger partial charge in [0, 0.05) is 5.92 Å². The highest BCUT2D eigenvalue weighted by Gasteiger charge is 2.47. The maximum absolute atomic E-state index is 15.0. The van der Waals surface area contributed by atoms with Gasteiger partial charge < -0.3 is 4.74 Å². The SMILES string of the molecule is CCC1CCC(c2cc(F)c(-c3ccc4c(c3)CC(C)C(C(F)(F)F)O4)c(F)c2)CC1. The summed E-state index contributed by atoms with van der Waals surface area (Å²) in [4.78, 5) is 0. The second-order valence-corrected chi connectivity index (χ2v) is 9.07. The van der Waals surface area contributed by atoms with Crippen LogP contribution in [0, 0.1) is 23.5 Å². The lowest BCUT2D eigenvalue weighted by Gasteiger charge is -2.33. The monoisotopic (exact) mass is 438 g/mol. The summed E-state index contributed by atoms with van der Waals surface area (Å²) in [5.74, 6) is -1.07. The molecular weight excluding hydrogens is 411 g/mol. The Labute approximate surface area is 179 Å². The highest BCUT2D eigenvalue weighted by Crippen LogP contribution is 2.42. The van der Waals surface area contributed by atoms with Crippen LogP contribution in [0.3, 0.4) is 0 Å². The number of fused-ring (bicyclic) bond motifs is 1. The minimum Gasteiger partial charge on any atom is -0.480 e. The van der Waals surface area contributed by atoms with Gasteiger partial charge in [0.2, 0.25) is 0 Å². The molecule has 0 N–H and O–H groups in total. The maximum Gasteiger partial charge on any atom is 0.425 e. The molecular formula is C25H27F5O.